The van der Waals surface area contributed by atoms with E-state index in [0.717, 1.165) is 22.3 Å². The van der Waals surface area contributed by atoms with Gasteiger partial charge < -0.3 is 5.11 Å². The van der Waals surface area contributed by atoms with Crippen LogP contribution in [0.25, 0.3) is 0 Å². The van der Waals surface area contributed by atoms with Gasteiger partial charge in [-0.2, -0.15) is 13.2 Å². The van der Waals surface area contributed by atoms with E-state index in [4.69, 9.17) is 5.11 Å². The Bertz CT molecular complexity index is 684. The molecule has 0 unspecified atom stereocenters. The Morgan fingerprint density at radius 3 is 2.32 bits per heavy atom. The van der Waals surface area contributed by atoms with Crippen LogP contribution in [0.15, 0.2) is 56.7 Å². The van der Waals surface area contributed by atoms with Crippen LogP contribution in [-0.2, 0) is 17.4 Å². The Morgan fingerprint density at radius 2 is 1.77 bits per heavy atom. The molecule has 0 aliphatic carbocycles. The lowest BCUT2D eigenvalue weighted by atomic mass is 10.1. The van der Waals surface area contributed by atoms with Crippen molar-refractivity contribution < 1.29 is 23.1 Å². The molecule has 0 radical (unpaired) electrons. The molecule has 2 rings (SSSR count). The molecule has 0 bridgehead atoms. The summed E-state index contributed by atoms with van der Waals surface area (Å²) < 4.78 is 40.3. The van der Waals surface area contributed by atoms with Crippen LogP contribution in [0.5, 0.6) is 0 Å². The summed E-state index contributed by atoms with van der Waals surface area (Å²) in [5.74, 6) is -1.17. The summed E-state index contributed by atoms with van der Waals surface area (Å²) in [6.07, 6.45) is -4.97. The molecule has 2 aromatic rings. The van der Waals surface area contributed by atoms with Crippen molar-refractivity contribution in [3.63, 3.8) is 0 Å². The van der Waals surface area contributed by atoms with E-state index in [2.05, 4.69) is 15.9 Å². The van der Waals surface area contributed by atoms with E-state index in [1.165, 1.54) is 12.1 Å². The fraction of sp³-hybridized carbons (Fsp3) is 0.133. The topological polar surface area (TPSA) is 37.3 Å². The van der Waals surface area contributed by atoms with Crippen LogP contribution < -0.4 is 0 Å². The smallest absolute Gasteiger partial charge is 0.417 e. The summed E-state index contributed by atoms with van der Waals surface area (Å²) in [7, 11) is 0. The van der Waals surface area contributed by atoms with Crippen LogP contribution in [0.4, 0.5) is 13.2 Å². The van der Waals surface area contributed by atoms with Gasteiger partial charge in [0.05, 0.1) is 12.0 Å². The van der Waals surface area contributed by atoms with E-state index >= 15 is 0 Å². The summed E-state index contributed by atoms with van der Waals surface area (Å²) in [4.78, 5) is 11.4. The molecule has 116 valence electrons. The van der Waals surface area contributed by atoms with Crippen LogP contribution >= 0.6 is 27.7 Å². The molecule has 0 aromatic heterocycles. The normalized spacial score (nSPS) is 11.5. The highest BCUT2D eigenvalue weighted by Crippen LogP contribution is 2.40. The predicted molar refractivity (Wildman–Crippen MR) is 81.0 cm³/mol. The Balaban J connectivity index is 2.37. The number of benzene rings is 2. The number of carboxylic acid groups (broad SMARTS) is 1. The van der Waals surface area contributed by atoms with Crippen molar-refractivity contribution >= 4 is 33.7 Å². The lowest BCUT2D eigenvalue weighted by Crippen LogP contribution is -2.09. The monoisotopic (exact) mass is 390 g/mol. The van der Waals surface area contributed by atoms with Crippen molar-refractivity contribution in [1.29, 1.82) is 0 Å². The number of alkyl halides is 3. The Morgan fingerprint density at radius 1 is 1.14 bits per heavy atom. The minimum atomic E-state index is -4.54. The summed E-state index contributed by atoms with van der Waals surface area (Å²) in [6.45, 7) is 0. The van der Waals surface area contributed by atoms with Crippen molar-refractivity contribution in [3.8, 4) is 0 Å². The zero-order valence-corrected chi connectivity index (χ0v) is 13.4. The van der Waals surface area contributed by atoms with Gasteiger partial charge in [0.15, 0.2) is 0 Å². The van der Waals surface area contributed by atoms with Crippen molar-refractivity contribution in [2.45, 2.75) is 22.4 Å². The summed E-state index contributed by atoms with van der Waals surface area (Å²) in [5.41, 5.74) is -0.695. The molecule has 22 heavy (non-hydrogen) atoms. The largest absolute Gasteiger partial charge is 0.481 e. The van der Waals surface area contributed by atoms with Gasteiger partial charge >= 0.3 is 12.1 Å². The molecule has 0 fully saturated rings. The summed E-state index contributed by atoms with van der Waals surface area (Å²) >= 11 is 4.25. The minimum absolute atomic E-state index is 0.0453. The Labute approximate surface area is 137 Å². The van der Waals surface area contributed by atoms with Crippen molar-refractivity contribution in [3.05, 3.63) is 58.1 Å². The average Bonchev–Trinajstić information content (AvgIpc) is 2.41. The maximum atomic E-state index is 13.2. The van der Waals surface area contributed by atoms with E-state index in [1.54, 1.807) is 24.3 Å². The van der Waals surface area contributed by atoms with Gasteiger partial charge in [-0.05, 0) is 42.0 Å². The van der Waals surface area contributed by atoms with Gasteiger partial charge in [-0.15, -0.1) is 0 Å². The lowest BCUT2D eigenvalue weighted by Gasteiger charge is -2.14. The van der Waals surface area contributed by atoms with Gasteiger partial charge in [0, 0.05) is 14.3 Å². The van der Waals surface area contributed by atoms with E-state index in [0.29, 0.717) is 4.90 Å². The van der Waals surface area contributed by atoms with E-state index in [-0.39, 0.29) is 10.5 Å². The molecular weight excluding hydrogens is 381 g/mol. The molecule has 0 aliphatic rings. The van der Waals surface area contributed by atoms with Gasteiger partial charge in [0.25, 0.3) is 0 Å². The van der Waals surface area contributed by atoms with Gasteiger partial charge in [-0.1, -0.05) is 33.8 Å². The minimum Gasteiger partial charge on any atom is -0.481 e. The maximum absolute atomic E-state index is 13.2. The maximum Gasteiger partial charge on any atom is 0.417 e. The molecule has 0 atom stereocenters. The number of halogens is 4. The number of hydrogen-bond acceptors (Lipinski definition) is 2. The third kappa shape index (κ3) is 4.51. The third-order valence-electron chi connectivity index (χ3n) is 2.75. The second kappa shape index (κ2) is 6.75. The Hall–Kier alpha value is -1.47. The molecule has 0 spiro atoms. The first kappa shape index (κ1) is 16.9. The molecule has 0 saturated heterocycles. The molecule has 0 amide bonds. The molecule has 2 aromatic carbocycles. The molecular formula is C15H10BrF3O2S. The highest BCUT2D eigenvalue weighted by molar-refractivity contribution is 9.10. The van der Waals surface area contributed by atoms with Crippen molar-refractivity contribution in [2.24, 2.45) is 0 Å². The number of carboxylic acids is 1. The van der Waals surface area contributed by atoms with Crippen LogP contribution in [0.1, 0.15) is 11.1 Å². The second-order valence-corrected chi connectivity index (χ2v) is 6.49. The molecule has 2 nitrogen and oxygen atoms in total. The van der Waals surface area contributed by atoms with Gasteiger partial charge in [0.1, 0.15) is 0 Å². The van der Waals surface area contributed by atoms with Gasteiger partial charge in [-0.25, -0.2) is 0 Å². The lowest BCUT2D eigenvalue weighted by molar-refractivity contribution is -0.140. The first-order valence-corrected chi connectivity index (χ1v) is 7.72. The SMILES string of the molecule is O=C(O)Cc1ccc(Sc2ccc(Br)cc2)c(C(F)(F)F)c1. The first-order valence-electron chi connectivity index (χ1n) is 6.11. The van der Waals surface area contributed by atoms with Gasteiger partial charge in [-0.3, -0.25) is 4.79 Å². The summed E-state index contributed by atoms with van der Waals surface area (Å²) in [6, 6.07) is 10.5. The van der Waals surface area contributed by atoms with E-state index in [1.807, 2.05) is 0 Å². The quantitative estimate of drug-likeness (QED) is 0.774. The highest BCUT2D eigenvalue weighted by Gasteiger charge is 2.34. The van der Waals surface area contributed by atoms with E-state index < -0.39 is 24.1 Å². The fourth-order valence-corrected chi connectivity index (χ4v) is 3.01. The fourth-order valence-electron chi connectivity index (χ4n) is 1.80. The highest BCUT2D eigenvalue weighted by atomic mass is 79.9. The van der Waals surface area contributed by atoms with Crippen LogP contribution in [0, 0.1) is 0 Å². The van der Waals surface area contributed by atoms with Crippen molar-refractivity contribution in [1.82, 2.24) is 0 Å². The molecule has 0 heterocycles. The van der Waals surface area contributed by atoms with E-state index in [9.17, 15) is 18.0 Å². The second-order valence-electron chi connectivity index (χ2n) is 4.45. The molecule has 0 saturated carbocycles. The van der Waals surface area contributed by atoms with Crippen molar-refractivity contribution in [2.75, 3.05) is 0 Å². The average molecular weight is 391 g/mol. The van der Waals surface area contributed by atoms with Crippen LogP contribution in [0.3, 0.4) is 0 Å². The van der Waals surface area contributed by atoms with Gasteiger partial charge in [0.2, 0.25) is 0 Å². The zero-order chi connectivity index (χ0) is 16.3. The predicted octanol–water partition coefficient (Wildman–Crippen LogP) is 5.25. The van der Waals surface area contributed by atoms with Crippen LogP contribution in [0.2, 0.25) is 0 Å². The van der Waals surface area contributed by atoms with Crippen LogP contribution in [-0.4, -0.2) is 11.1 Å². The Kier molecular flexibility index (Phi) is 5.18. The number of hydrogen-bond donors (Lipinski definition) is 1. The molecule has 7 heteroatoms. The number of aliphatic carboxylic acids is 1. The standard InChI is InChI=1S/C15H10BrF3O2S/c16-10-2-4-11(5-3-10)22-13-6-1-9(8-14(20)21)7-12(13)15(17,18)19/h1-7H,8H2,(H,20,21). The number of carbonyl (C=O) groups is 1. The third-order valence-corrected chi connectivity index (χ3v) is 4.36. The molecule has 1 N–H and O–H groups in total. The number of rotatable bonds is 4. The summed E-state index contributed by atoms with van der Waals surface area (Å²) in [5, 5.41) is 8.70. The zero-order valence-electron chi connectivity index (χ0n) is 11.0. The first-order chi connectivity index (χ1) is 10.3. The molecule has 0 aliphatic heterocycles.